The number of piperidine rings is 2. The second-order valence-corrected chi connectivity index (χ2v) is 6.51. The van der Waals surface area contributed by atoms with Crippen molar-refractivity contribution in [3.05, 3.63) is 35.9 Å². The Labute approximate surface area is 127 Å². The van der Waals surface area contributed by atoms with E-state index in [4.69, 9.17) is 0 Å². The van der Waals surface area contributed by atoms with Gasteiger partial charge in [0.25, 0.3) is 0 Å². The largest absolute Gasteiger partial charge is 0.342 e. The number of hydrogen-bond acceptors (Lipinski definition) is 2. The van der Waals surface area contributed by atoms with Crippen LogP contribution in [-0.2, 0) is 4.79 Å². The molecule has 1 amide bonds. The van der Waals surface area contributed by atoms with Gasteiger partial charge in [-0.15, -0.1) is 0 Å². The monoisotopic (exact) mass is 285 g/mol. The van der Waals surface area contributed by atoms with Gasteiger partial charge in [-0.25, -0.2) is 0 Å². The molecule has 3 nitrogen and oxygen atoms in total. The van der Waals surface area contributed by atoms with E-state index in [2.05, 4.69) is 41.1 Å². The second-order valence-electron chi connectivity index (χ2n) is 6.51. The predicted molar refractivity (Wildman–Crippen MR) is 84.1 cm³/mol. The molecule has 0 aromatic heterocycles. The van der Waals surface area contributed by atoms with Gasteiger partial charge in [0, 0.05) is 19.0 Å². The van der Waals surface area contributed by atoms with Gasteiger partial charge >= 0.3 is 0 Å². The summed E-state index contributed by atoms with van der Waals surface area (Å²) in [5, 5.41) is 0. The molecule has 0 N–H and O–H groups in total. The zero-order chi connectivity index (χ0) is 14.7. The highest BCUT2D eigenvalue weighted by Gasteiger charge is 2.30. The van der Waals surface area contributed by atoms with E-state index in [1.165, 1.54) is 5.56 Å². The molecule has 0 bridgehead atoms. The summed E-state index contributed by atoms with van der Waals surface area (Å²) >= 11 is 0. The molecule has 2 aliphatic heterocycles. The van der Waals surface area contributed by atoms with Crippen molar-refractivity contribution in [2.75, 3.05) is 33.2 Å². The summed E-state index contributed by atoms with van der Waals surface area (Å²) in [5.41, 5.74) is 1.38. The molecule has 2 heterocycles. The van der Waals surface area contributed by atoms with E-state index in [0.717, 1.165) is 51.9 Å². The molecule has 21 heavy (non-hydrogen) atoms. The van der Waals surface area contributed by atoms with E-state index in [-0.39, 0.29) is 5.92 Å². The standard InChI is InChI=1S/C18H25N2O/c1-19-11-7-17(8-12-19)18(21)20-13-9-16(10-14-20)15-5-3-2-4-6-15/h2-3,5-6,16-17H,7-14H2,1H3. The average molecular weight is 285 g/mol. The highest BCUT2D eigenvalue weighted by Crippen LogP contribution is 2.29. The van der Waals surface area contributed by atoms with Gasteiger partial charge in [0.05, 0.1) is 0 Å². The Morgan fingerprint density at radius 1 is 1.14 bits per heavy atom. The molecule has 0 saturated carbocycles. The molecule has 1 aromatic rings. The maximum Gasteiger partial charge on any atom is 0.225 e. The summed E-state index contributed by atoms with van der Waals surface area (Å²) in [6.07, 6.45) is 4.25. The van der Waals surface area contributed by atoms with Crippen LogP contribution in [-0.4, -0.2) is 48.9 Å². The lowest BCUT2D eigenvalue weighted by Crippen LogP contribution is -2.44. The molecule has 113 valence electrons. The van der Waals surface area contributed by atoms with Crippen molar-refractivity contribution >= 4 is 5.91 Å². The summed E-state index contributed by atoms with van der Waals surface area (Å²) in [5.74, 6) is 1.27. The fourth-order valence-electron chi connectivity index (χ4n) is 3.61. The third-order valence-corrected chi connectivity index (χ3v) is 5.08. The fourth-order valence-corrected chi connectivity index (χ4v) is 3.61. The summed E-state index contributed by atoms with van der Waals surface area (Å²) in [6, 6.07) is 11.5. The number of benzene rings is 1. The van der Waals surface area contributed by atoms with Crippen molar-refractivity contribution in [2.24, 2.45) is 5.92 Å². The number of carbonyl (C=O) groups is 1. The predicted octanol–water partition coefficient (Wildman–Crippen LogP) is 2.53. The molecule has 3 rings (SSSR count). The molecule has 0 aliphatic carbocycles. The third-order valence-electron chi connectivity index (χ3n) is 5.08. The van der Waals surface area contributed by atoms with Crippen LogP contribution in [0.15, 0.2) is 24.3 Å². The van der Waals surface area contributed by atoms with E-state index >= 15 is 0 Å². The van der Waals surface area contributed by atoms with Gasteiger partial charge in [0.1, 0.15) is 0 Å². The minimum absolute atomic E-state index is 0.266. The van der Waals surface area contributed by atoms with Gasteiger partial charge in [0.15, 0.2) is 0 Å². The van der Waals surface area contributed by atoms with E-state index in [1.54, 1.807) is 0 Å². The Kier molecular flexibility index (Phi) is 4.59. The molecular weight excluding hydrogens is 260 g/mol. The Morgan fingerprint density at radius 2 is 1.86 bits per heavy atom. The Bertz CT molecular complexity index is 457. The highest BCUT2D eigenvalue weighted by molar-refractivity contribution is 5.79. The van der Waals surface area contributed by atoms with Gasteiger partial charge in [-0.3, -0.25) is 4.79 Å². The molecule has 2 fully saturated rings. The van der Waals surface area contributed by atoms with Crippen LogP contribution in [0.3, 0.4) is 0 Å². The van der Waals surface area contributed by atoms with Gasteiger partial charge < -0.3 is 9.80 Å². The number of rotatable bonds is 2. The Hall–Kier alpha value is -1.35. The topological polar surface area (TPSA) is 23.6 Å². The molecule has 1 aromatic carbocycles. The first-order chi connectivity index (χ1) is 10.2. The molecule has 2 aliphatic rings. The maximum absolute atomic E-state index is 12.6. The van der Waals surface area contributed by atoms with Crippen LogP contribution in [0.25, 0.3) is 0 Å². The lowest BCUT2D eigenvalue weighted by Gasteiger charge is -2.36. The van der Waals surface area contributed by atoms with Crippen molar-refractivity contribution in [3.8, 4) is 0 Å². The summed E-state index contributed by atoms with van der Waals surface area (Å²) in [6.45, 7) is 3.97. The average Bonchev–Trinajstić information content (AvgIpc) is 2.56. The SMILES string of the molecule is CN1CCC(C(=O)N2CCC(c3c[c]ccc3)CC2)CC1. The molecule has 0 unspecified atom stereocenters. The Balaban J connectivity index is 1.52. The summed E-state index contributed by atoms with van der Waals surface area (Å²) in [4.78, 5) is 17.0. The van der Waals surface area contributed by atoms with Gasteiger partial charge in [-0.05, 0) is 63.4 Å². The van der Waals surface area contributed by atoms with Gasteiger partial charge in [0.2, 0.25) is 5.91 Å². The lowest BCUT2D eigenvalue weighted by atomic mass is 9.88. The van der Waals surface area contributed by atoms with Gasteiger partial charge in [-0.1, -0.05) is 24.3 Å². The zero-order valence-corrected chi connectivity index (χ0v) is 12.9. The van der Waals surface area contributed by atoms with Crippen molar-refractivity contribution in [1.29, 1.82) is 0 Å². The number of carbonyl (C=O) groups excluding carboxylic acids is 1. The summed E-state index contributed by atoms with van der Waals surface area (Å²) < 4.78 is 0. The van der Waals surface area contributed by atoms with E-state index < -0.39 is 0 Å². The number of hydrogen-bond donors (Lipinski definition) is 0. The van der Waals surface area contributed by atoms with Crippen LogP contribution in [0.5, 0.6) is 0 Å². The highest BCUT2D eigenvalue weighted by atomic mass is 16.2. The number of likely N-dealkylation sites (tertiary alicyclic amines) is 2. The third kappa shape index (κ3) is 3.46. The van der Waals surface area contributed by atoms with Crippen molar-refractivity contribution in [2.45, 2.75) is 31.6 Å². The van der Waals surface area contributed by atoms with Crippen LogP contribution >= 0.6 is 0 Å². The fraction of sp³-hybridized carbons (Fsp3) is 0.611. The van der Waals surface area contributed by atoms with Crippen LogP contribution in [0.4, 0.5) is 0 Å². The molecular formula is C18H25N2O. The van der Waals surface area contributed by atoms with E-state index in [1.807, 2.05) is 6.07 Å². The smallest absolute Gasteiger partial charge is 0.225 e. The van der Waals surface area contributed by atoms with E-state index in [0.29, 0.717) is 11.8 Å². The van der Waals surface area contributed by atoms with Crippen molar-refractivity contribution in [1.82, 2.24) is 9.80 Å². The first kappa shape index (κ1) is 14.6. The van der Waals surface area contributed by atoms with Gasteiger partial charge in [-0.2, -0.15) is 0 Å². The number of nitrogens with zero attached hydrogens (tertiary/aromatic N) is 2. The van der Waals surface area contributed by atoms with Crippen LogP contribution in [0.1, 0.15) is 37.2 Å². The molecule has 1 radical (unpaired) electrons. The summed E-state index contributed by atoms with van der Waals surface area (Å²) in [7, 11) is 2.14. The second kappa shape index (κ2) is 6.61. The zero-order valence-electron chi connectivity index (χ0n) is 12.9. The quantitative estimate of drug-likeness (QED) is 0.833. The molecule has 0 atom stereocenters. The van der Waals surface area contributed by atoms with Crippen LogP contribution < -0.4 is 0 Å². The maximum atomic E-state index is 12.6. The lowest BCUT2D eigenvalue weighted by molar-refractivity contribution is -0.138. The van der Waals surface area contributed by atoms with Crippen molar-refractivity contribution < 1.29 is 4.79 Å². The normalized spacial score (nSPS) is 22.4. The van der Waals surface area contributed by atoms with E-state index in [9.17, 15) is 4.79 Å². The van der Waals surface area contributed by atoms with Crippen LogP contribution in [0, 0.1) is 12.0 Å². The first-order valence-electron chi connectivity index (χ1n) is 8.17. The molecule has 2 saturated heterocycles. The number of amides is 1. The Morgan fingerprint density at radius 3 is 2.48 bits per heavy atom. The molecule has 3 heteroatoms. The first-order valence-corrected chi connectivity index (χ1v) is 8.17. The van der Waals surface area contributed by atoms with Crippen LogP contribution in [0.2, 0.25) is 0 Å². The minimum Gasteiger partial charge on any atom is -0.342 e. The molecule has 0 spiro atoms. The van der Waals surface area contributed by atoms with Crippen molar-refractivity contribution in [3.63, 3.8) is 0 Å². The minimum atomic E-state index is 0.266.